The number of urea groups is 1. The van der Waals surface area contributed by atoms with Crippen LogP contribution in [0.2, 0.25) is 0 Å². The van der Waals surface area contributed by atoms with E-state index in [4.69, 9.17) is 0 Å². The standard InChI is InChI=1S/C16H26N4O2S/c1-19(2)15(21)7-8-17-16(22)18-12-13(14-6-5-11-23-14)20-9-3-4-10-20/h5-6,11,13H,3-4,7-10,12H2,1-2H3,(H2,17,18,22). The molecule has 128 valence electrons. The molecule has 1 aromatic heterocycles. The van der Waals surface area contributed by atoms with Crippen LogP contribution in [0, 0.1) is 0 Å². The van der Waals surface area contributed by atoms with Crippen LogP contribution >= 0.6 is 11.3 Å². The first kappa shape index (κ1) is 17.7. The molecular formula is C16H26N4O2S. The average Bonchev–Trinajstić information content (AvgIpc) is 3.21. The van der Waals surface area contributed by atoms with Crippen molar-refractivity contribution < 1.29 is 9.59 Å². The smallest absolute Gasteiger partial charge is 0.314 e. The molecule has 0 aromatic carbocycles. The number of rotatable bonds is 7. The summed E-state index contributed by atoms with van der Waals surface area (Å²) in [5, 5.41) is 7.76. The molecule has 1 aliphatic rings. The maximum atomic E-state index is 11.9. The van der Waals surface area contributed by atoms with Gasteiger partial charge in [0, 0.05) is 38.5 Å². The molecule has 1 aliphatic heterocycles. The number of nitrogens with one attached hydrogen (secondary N) is 2. The third kappa shape index (κ3) is 5.51. The Bertz CT molecular complexity index is 498. The van der Waals surface area contributed by atoms with E-state index in [-0.39, 0.29) is 18.0 Å². The molecule has 0 bridgehead atoms. The van der Waals surface area contributed by atoms with Gasteiger partial charge in [-0.2, -0.15) is 0 Å². The lowest BCUT2D eigenvalue weighted by molar-refractivity contribution is -0.128. The lowest BCUT2D eigenvalue weighted by atomic mass is 10.2. The minimum absolute atomic E-state index is 0.0128. The molecule has 6 nitrogen and oxygen atoms in total. The first-order valence-corrected chi connectivity index (χ1v) is 8.95. The van der Waals surface area contributed by atoms with Crippen molar-refractivity contribution in [2.24, 2.45) is 0 Å². The van der Waals surface area contributed by atoms with E-state index >= 15 is 0 Å². The second-order valence-corrected chi connectivity index (χ2v) is 6.93. The number of amides is 3. The number of nitrogens with zero attached hydrogens (tertiary/aromatic N) is 2. The summed E-state index contributed by atoms with van der Waals surface area (Å²) in [6, 6.07) is 4.21. The summed E-state index contributed by atoms with van der Waals surface area (Å²) in [6.45, 7) is 3.12. The molecule has 1 atom stereocenters. The topological polar surface area (TPSA) is 64.7 Å². The quantitative estimate of drug-likeness (QED) is 0.795. The minimum atomic E-state index is -0.211. The predicted octanol–water partition coefficient (Wildman–Crippen LogP) is 1.66. The number of carbonyl (C=O) groups excluding carboxylic acids is 2. The first-order chi connectivity index (χ1) is 11.1. The van der Waals surface area contributed by atoms with E-state index in [0.717, 1.165) is 13.1 Å². The van der Waals surface area contributed by atoms with Crippen molar-refractivity contribution in [1.29, 1.82) is 0 Å². The Kier molecular flexibility index (Phi) is 6.85. The van der Waals surface area contributed by atoms with Crippen LogP contribution in [0.5, 0.6) is 0 Å². The van der Waals surface area contributed by atoms with Crippen molar-refractivity contribution in [3.63, 3.8) is 0 Å². The molecule has 3 amide bonds. The highest BCUT2D eigenvalue weighted by molar-refractivity contribution is 7.10. The minimum Gasteiger partial charge on any atom is -0.349 e. The summed E-state index contributed by atoms with van der Waals surface area (Å²) < 4.78 is 0. The molecular weight excluding hydrogens is 312 g/mol. The molecule has 1 fully saturated rings. The van der Waals surface area contributed by atoms with Crippen molar-refractivity contribution in [3.05, 3.63) is 22.4 Å². The van der Waals surface area contributed by atoms with E-state index in [0.29, 0.717) is 19.5 Å². The van der Waals surface area contributed by atoms with Crippen molar-refractivity contribution in [2.45, 2.75) is 25.3 Å². The third-order valence-corrected chi connectivity index (χ3v) is 5.01. The van der Waals surface area contributed by atoms with Crippen molar-refractivity contribution >= 4 is 23.3 Å². The van der Waals surface area contributed by atoms with Gasteiger partial charge in [-0.3, -0.25) is 9.69 Å². The molecule has 2 rings (SSSR count). The molecule has 2 N–H and O–H groups in total. The Morgan fingerprint density at radius 2 is 2.04 bits per heavy atom. The largest absolute Gasteiger partial charge is 0.349 e. The summed E-state index contributed by atoms with van der Waals surface area (Å²) >= 11 is 1.73. The fourth-order valence-electron chi connectivity index (χ4n) is 2.70. The number of hydrogen-bond acceptors (Lipinski definition) is 4. The summed E-state index contributed by atoms with van der Waals surface area (Å²) in [5.41, 5.74) is 0. The Morgan fingerprint density at radius 1 is 1.30 bits per heavy atom. The second kappa shape index (κ2) is 8.88. The van der Waals surface area contributed by atoms with Crippen LogP contribution < -0.4 is 10.6 Å². The van der Waals surface area contributed by atoms with Gasteiger partial charge in [0.1, 0.15) is 0 Å². The van der Waals surface area contributed by atoms with Gasteiger partial charge >= 0.3 is 6.03 Å². The fourth-order valence-corrected chi connectivity index (χ4v) is 3.56. The highest BCUT2D eigenvalue weighted by atomic mass is 32.1. The van der Waals surface area contributed by atoms with Gasteiger partial charge in [0.15, 0.2) is 0 Å². The molecule has 0 radical (unpaired) electrons. The van der Waals surface area contributed by atoms with Gasteiger partial charge in [-0.1, -0.05) is 6.07 Å². The van der Waals surface area contributed by atoms with Crippen LogP contribution in [0.25, 0.3) is 0 Å². The normalized spacial score (nSPS) is 16.1. The number of hydrogen-bond donors (Lipinski definition) is 2. The maximum Gasteiger partial charge on any atom is 0.314 e. The van der Waals surface area contributed by atoms with Crippen molar-refractivity contribution in [2.75, 3.05) is 40.3 Å². The third-order valence-electron chi connectivity index (χ3n) is 4.03. The van der Waals surface area contributed by atoms with Crippen LogP contribution in [-0.4, -0.2) is 62.0 Å². The van der Waals surface area contributed by atoms with Gasteiger partial charge in [0.25, 0.3) is 0 Å². The van der Waals surface area contributed by atoms with Gasteiger partial charge in [-0.05, 0) is 37.4 Å². The lowest BCUT2D eigenvalue weighted by Crippen LogP contribution is -2.42. The predicted molar refractivity (Wildman–Crippen MR) is 92.6 cm³/mol. The molecule has 2 heterocycles. The highest BCUT2D eigenvalue weighted by Gasteiger charge is 2.24. The van der Waals surface area contributed by atoms with Gasteiger partial charge in [-0.25, -0.2) is 4.79 Å². The Balaban J connectivity index is 1.77. The summed E-state index contributed by atoms with van der Waals surface area (Å²) in [5.74, 6) is 0.0128. The van der Waals surface area contributed by atoms with Gasteiger partial charge in [0.2, 0.25) is 5.91 Å². The summed E-state index contributed by atoms with van der Waals surface area (Å²) in [4.78, 5) is 28.6. The zero-order chi connectivity index (χ0) is 16.7. The van der Waals surface area contributed by atoms with E-state index in [1.807, 2.05) is 0 Å². The molecule has 0 aliphatic carbocycles. The molecule has 0 saturated carbocycles. The van der Waals surface area contributed by atoms with Crippen LogP contribution in [0.1, 0.15) is 30.2 Å². The highest BCUT2D eigenvalue weighted by Crippen LogP contribution is 2.27. The van der Waals surface area contributed by atoms with Gasteiger partial charge in [-0.15, -0.1) is 11.3 Å². The Morgan fingerprint density at radius 3 is 2.65 bits per heavy atom. The van der Waals surface area contributed by atoms with E-state index in [9.17, 15) is 9.59 Å². The van der Waals surface area contributed by atoms with E-state index < -0.39 is 0 Å². The average molecular weight is 338 g/mol. The van der Waals surface area contributed by atoms with Crippen LogP contribution in [0.3, 0.4) is 0 Å². The zero-order valence-electron chi connectivity index (χ0n) is 13.9. The lowest BCUT2D eigenvalue weighted by Gasteiger charge is -2.27. The number of likely N-dealkylation sites (tertiary alicyclic amines) is 1. The summed E-state index contributed by atoms with van der Waals surface area (Å²) in [7, 11) is 3.42. The van der Waals surface area contributed by atoms with Crippen molar-refractivity contribution in [1.82, 2.24) is 20.4 Å². The molecule has 0 spiro atoms. The van der Waals surface area contributed by atoms with Crippen LogP contribution in [-0.2, 0) is 4.79 Å². The number of thiophene rings is 1. The van der Waals surface area contributed by atoms with E-state index in [1.54, 1.807) is 25.4 Å². The fraction of sp³-hybridized carbons (Fsp3) is 0.625. The molecule has 1 aromatic rings. The first-order valence-electron chi connectivity index (χ1n) is 8.07. The zero-order valence-corrected chi connectivity index (χ0v) is 14.7. The molecule has 23 heavy (non-hydrogen) atoms. The van der Waals surface area contributed by atoms with Crippen molar-refractivity contribution in [3.8, 4) is 0 Å². The SMILES string of the molecule is CN(C)C(=O)CCNC(=O)NCC(c1cccs1)N1CCCC1. The van der Waals surface area contributed by atoms with E-state index in [1.165, 1.54) is 22.6 Å². The van der Waals surface area contributed by atoms with Crippen LogP contribution in [0.4, 0.5) is 4.79 Å². The maximum absolute atomic E-state index is 11.9. The molecule has 1 unspecified atom stereocenters. The molecule has 7 heteroatoms. The summed E-state index contributed by atoms with van der Waals surface area (Å²) in [6.07, 6.45) is 2.77. The van der Waals surface area contributed by atoms with Crippen LogP contribution in [0.15, 0.2) is 17.5 Å². The number of carbonyl (C=O) groups is 2. The monoisotopic (exact) mass is 338 g/mol. The Hall–Kier alpha value is -1.60. The van der Waals surface area contributed by atoms with Gasteiger partial charge in [0.05, 0.1) is 6.04 Å². The van der Waals surface area contributed by atoms with Gasteiger partial charge < -0.3 is 15.5 Å². The second-order valence-electron chi connectivity index (χ2n) is 5.95. The Labute approximate surface area is 141 Å². The molecule has 1 saturated heterocycles. The van der Waals surface area contributed by atoms with E-state index in [2.05, 4.69) is 33.0 Å².